The number of aliphatic hydroxyl groups is 1. The molecule has 0 atom stereocenters. The van der Waals surface area contributed by atoms with Gasteiger partial charge in [-0.1, -0.05) is 49.2 Å². The van der Waals surface area contributed by atoms with Crippen LogP contribution in [-0.2, 0) is 6.61 Å². The van der Waals surface area contributed by atoms with E-state index in [2.05, 4.69) is 4.90 Å². The number of rotatable bonds is 4. The van der Waals surface area contributed by atoms with Gasteiger partial charge in [0.15, 0.2) is 0 Å². The second-order valence-electron chi connectivity index (χ2n) is 8.02. The van der Waals surface area contributed by atoms with Crippen molar-refractivity contribution in [2.45, 2.75) is 44.8 Å². The van der Waals surface area contributed by atoms with Gasteiger partial charge >= 0.3 is 0 Å². The molecule has 1 N–H and O–H groups in total. The van der Waals surface area contributed by atoms with Crippen LogP contribution in [0.15, 0.2) is 48.5 Å². The van der Waals surface area contributed by atoms with Crippen LogP contribution in [0.3, 0.4) is 0 Å². The number of hydrogen-bond donors (Lipinski definition) is 1. The number of carbonyl (C=O) groups is 1. The van der Waals surface area contributed by atoms with Gasteiger partial charge in [-0.2, -0.15) is 0 Å². The molecule has 1 saturated carbocycles. The van der Waals surface area contributed by atoms with Crippen LogP contribution in [0.5, 0.6) is 0 Å². The van der Waals surface area contributed by atoms with Gasteiger partial charge in [-0.05, 0) is 48.1 Å². The molecule has 0 bridgehead atoms. The molecule has 4 heteroatoms. The molecule has 2 fully saturated rings. The molecule has 0 spiro atoms. The van der Waals surface area contributed by atoms with Gasteiger partial charge in [-0.15, -0.1) is 0 Å². The van der Waals surface area contributed by atoms with Crippen molar-refractivity contribution in [3.8, 4) is 11.1 Å². The summed E-state index contributed by atoms with van der Waals surface area (Å²) in [6, 6.07) is 16.4. The van der Waals surface area contributed by atoms with Gasteiger partial charge in [0, 0.05) is 37.8 Å². The zero-order chi connectivity index (χ0) is 19.3. The highest BCUT2D eigenvalue weighted by atomic mass is 16.3. The van der Waals surface area contributed by atoms with E-state index in [1.807, 2.05) is 53.4 Å². The van der Waals surface area contributed by atoms with Crippen molar-refractivity contribution >= 4 is 5.91 Å². The normalized spacial score (nSPS) is 19.0. The summed E-state index contributed by atoms with van der Waals surface area (Å²) < 4.78 is 0. The maximum Gasteiger partial charge on any atom is 0.253 e. The molecule has 4 nitrogen and oxygen atoms in total. The monoisotopic (exact) mass is 378 g/mol. The Kier molecular flexibility index (Phi) is 6.08. The van der Waals surface area contributed by atoms with Crippen molar-refractivity contribution in [2.24, 2.45) is 0 Å². The lowest BCUT2D eigenvalue weighted by Gasteiger charge is -2.27. The lowest BCUT2D eigenvalue weighted by molar-refractivity contribution is 0.0758. The third-order valence-electron chi connectivity index (χ3n) is 6.27. The largest absolute Gasteiger partial charge is 0.392 e. The standard InChI is InChI=1S/C24H30N2O2/c27-18-21-7-1-4-12-23(21)19-8-5-9-20(17-19)24(28)26-14-6-13-25(15-16-26)22-10-2-3-11-22/h1,4-5,7-9,12,17,22,27H,2-3,6,10-11,13-16,18H2. The number of aliphatic hydroxyl groups excluding tert-OH is 1. The fourth-order valence-corrected chi connectivity index (χ4v) is 4.72. The first kappa shape index (κ1) is 19.2. The van der Waals surface area contributed by atoms with Gasteiger partial charge in [-0.25, -0.2) is 0 Å². The molecule has 1 aliphatic heterocycles. The Balaban J connectivity index is 1.49. The zero-order valence-corrected chi connectivity index (χ0v) is 16.5. The van der Waals surface area contributed by atoms with Gasteiger partial charge in [0.05, 0.1) is 6.61 Å². The maximum absolute atomic E-state index is 13.2. The van der Waals surface area contributed by atoms with E-state index in [-0.39, 0.29) is 12.5 Å². The first-order valence-corrected chi connectivity index (χ1v) is 10.6. The summed E-state index contributed by atoms with van der Waals surface area (Å²) in [5, 5.41) is 9.63. The fourth-order valence-electron chi connectivity index (χ4n) is 4.72. The van der Waals surface area contributed by atoms with Gasteiger partial charge in [0.25, 0.3) is 5.91 Å². The van der Waals surface area contributed by atoms with Crippen LogP contribution in [0.1, 0.15) is 48.0 Å². The van der Waals surface area contributed by atoms with Gasteiger partial charge in [0.1, 0.15) is 0 Å². The highest BCUT2D eigenvalue weighted by Gasteiger charge is 2.26. The highest BCUT2D eigenvalue weighted by Crippen LogP contribution is 2.26. The van der Waals surface area contributed by atoms with Crippen LogP contribution in [0.2, 0.25) is 0 Å². The van der Waals surface area contributed by atoms with Crippen LogP contribution < -0.4 is 0 Å². The van der Waals surface area contributed by atoms with Crippen LogP contribution in [0.25, 0.3) is 11.1 Å². The molecular weight excluding hydrogens is 348 g/mol. The third-order valence-corrected chi connectivity index (χ3v) is 6.27. The summed E-state index contributed by atoms with van der Waals surface area (Å²) in [6.07, 6.45) is 6.40. The summed E-state index contributed by atoms with van der Waals surface area (Å²) in [5.74, 6) is 0.122. The van der Waals surface area contributed by atoms with Gasteiger partial charge < -0.3 is 10.0 Å². The first-order valence-electron chi connectivity index (χ1n) is 10.6. The van der Waals surface area contributed by atoms with E-state index in [0.717, 1.165) is 60.9 Å². The molecule has 0 radical (unpaired) electrons. The average molecular weight is 379 g/mol. The van der Waals surface area contributed by atoms with Crippen molar-refractivity contribution in [3.05, 3.63) is 59.7 Å². The van der Waals surface area contributed by atoms with Gasteiger partial charge in [0.2, 0.25) is 0 Å². The highest BCUT2D eigenvalue weighted by molar-refractivity contribution is 5.95. The molecule has 28 heavy (non-hydrogen) atoms. The van der Waals surface area contributed by atoms with E-state index in [9.17, 15) is 9.90 Å². The Morgan fingerprint density at radius 1 is 0.929 bits per heavy atom. The number of carbonyl (C=O) groups excluding carboxylic acids is 1. The zero-order valence-electron chi connectivity index (χ0n) is 16.5. The molecule has 1 aliphatic carbocycles. The van der Waals surface area contributed by atoms with E-state index >= 15 is 0 Å². The molecule has 1 saturated heterocycles. The van der Waals surface area contributed by atoms with Crippen LogP contribution in [0.4, 0.5) is 0 Å². The predicted octanol–water partition coefficient (Wildman–Crippen LogP) is 3.94. The van der Waals surface area contributed by atoms with Crippen LogP contribution in [0, 0.1) is 0 Å². The van der Waals surface area contributed by atoms with Crippen LogP contribution in [-0.4, -0.2) is 53.0 Å². The minimum absolute atomic E-state index is 0.00251. The molecule has 2 aromatic carbocycles. The lowest BCUT2D eigenvalue weighted by Crippen LogP contribution is -2.38. The molecule has 2 aliphatic rings. The van der Waals surface area contributed by atoms with E-state index < -0.39 is 0 Å². The molecular formula is C24H30N2O2. The lowest BCUT2D eigenvalue weighted by atomic mass is 9.98. The van der Waals surface area contributed by atoms with Crippen molar-refractivity contribution in [3.63, 3.8) is 0 Å². The van der Waals surface area contributed by atoms with Crippen LogP contribution >= 0.6 is 0 Å². The minimum Gasteiger partial charge on any atom is -0.392 e. The number of nitrogens with zero attached hydrogens (tertiary/aromatic N) is 2. The van der Waals surface area contributed by atoms with E-state index in [4.69, 9.17) is 0 Å². The van der Waals surface area contributed by atoms with Gasteiger partial charge in [-0.3, -0.25) is 9.69 Å². The Morgan fingerprint density at radius 3 is 2.57 bits per heavy atom. The van der Waals surface area contributed by atoms with E-state index in [1.54, 1.807) is 0 Å². The van der Waals surface area contributed by atoms with E-state index in [0.29, 0.717) is 0 Å². The molecule has 2 aromatic rings. The molecule has 1 heterocycles. The summed E-state index contributed by atoms with van der Waals surface area (Å²) in [5.41, 5.74) is 3.59. The van der Waals surface area contributed by atoms with E-state index in [1.165, 1.54) is 25.7 Å². The van der Waals surface area contributed by atoms with Crippen molar-refractivity contribution < 1.29 is 9.90 Å². The fraction of sp³-hybridized carbons (Fsp3) is 0.458. The summed E-state index contributed by atoms with van der Waals surface area (Å²) in [6.45, 7) is 3.74. The summed E-state index contributed by atoms with van der Waals surface area (Å²) >= 11 is 0. The second kappa shape index (κ2) is 8.89. The number of amides is 1. The summed E-state index contributed by atoms with van der Waals surface area (Å²) in [7, 11) is 0. The Morgan fingerprint density at radius 2 is 1.75 bits per heavy atom. The minimum atomic E-state index is -0.00251. The smallest absolute Gasteiger partial charge is 0.253 e. The first-order chi connectivity index (χ1) is 13.8. The molecule has 4 rings (SSSR count). The number of hydrogen-bond acceptors (Lipinski definition) is 3. The Hall–Kier alpha value is -2.17. The predicted molar refractivity (Wildman–Crippen MR) is 112 cm³/mol. The third kappa shape index (κ3) is 4.13. The molecule has 1 amide bonds. The quantitative estimate of drug-likeness (QED) is 0.876. The molecule has 0 unspecified atom stereocenters. The molecule has 0 aromatic heterocycles. The van der Waals surface area contributed by atoms with Crippen molar-refractivity contribution in [1.29, 1.82) is 0 Å². The average Bonchev–Trinajstić information content (AvgIpc) is 3.18. The second-order valence-corrected chi connectivity index (χ2v) is 8.02. The van der Waals surface area contributed by atoms with Crippen molar-refractivity contribution in [1.82, 2.24) is 9.80 Å². The summed E-state index contributed by atoms with van der Waals surface area (Å²) in [4.78, 5) is 17.8. The topological polar surface area (TPSA) is 43.8 Å². The van der Waals surface area contributed by atoms with Crippen molar-refractivity contribution in [2.75, 3.05) is 26.2 Å². The SMILES string of the molecule is O=C(c1cccc(-c2ccccc2CO)c1)N1CCCN(C2CCCC2)CC1. The number of benzene rings is 2. The Bertz CT molecular complexity index is 814. The Labute approximate surface area is 167 Å². The molecule has 148 valence electrons. The maximum atomic E-state index is 13.2.